The van der Waals surface area contributed by atoms with Crippen LogP contribution in [0.15, 0.2) is 34.2 Å². The van der Waals surface area contributed by atoms with Crippen LogP contribution in [0.2, 0.25) is 0 Å². The molecule has 0 aliphatic heterocycles. The molecule has 0 radical (unpaired) electrons. The van der Waals surface area contributed by atoms with Crippen LogP contribution in [0, 0.1) is 0 Å². The van der Waals surface area contributed by atoms with Crippen molar-refractivity contribution in [3.05, 3.63) is 39.7 Å². The molecule has 2 rings (SSSR count). The van der Waals surface area contributed by atoms with Gasteiger partial charge in [0.15, 0.2) is 5.82 Å². The SMILES string of the molecule is CCn1c(=O)n(C)s/c1=N/c1ccccn1. The topological polar surface area (TPSA) is 52.2 Å². The van der Waals surface area contributed by atoms with Crippen molar-refractivity contribution in [2.45, 2.75) is 13.5 Å². The highest BCUT2D eigenvalue weighted by atomic mass is 32.1. The van der Waals surface area contributed by atoms with Gasteiger partial charge in [-0.2, -0.15) is 4.99 Å². The molecule has 0 aromatic carbocycles. The summed E-state index contributed by atoms with van der Waals surface area (Å²) in [6, 6.07) is 5.51. The molecule has 0 amide bonds. The van der Waals surface area contributed by atoms with Crippen molar-refractivity contribution in [3.8, 4) is 0 Å². The van der Waals surface area contributed by atoms with Gasteiger partial charge in [-0.15, -0.1) is 0 Å². The highest BCUT2D eigenvalue weighted by Gasteiger charge is 2.03. The van der Waals surface area contributed by atoms with E-state index in [0.717, 1.165) is 0 Å². The van der Waals surface area contributed by atoms with E-state index in [1.807, 2.05) is 25.1 Å². The average Bonchev–Trinajstić information content (AvgIpc) is 2.56. The summed E-state index contributed by atoms with van der Waals surface area (Å²) < 4.78 is 3.19. The number of aromatic nitrogens is 3. The molecule has 0 bridgehead atoms. The number of aryl methyl sites for hydroxylation is 1. The molecule has 16 heavy (non-hydrogen) atoms. The van der Waals surface area contributed by atoms with Crippen LogP contribution in [0.25, 0.3) is 0 Å². The Morgan fingerprint density at radius 2 is 2.31 bits per heavy atom. The van der Waals surface area contributed by atoms with Crippen LogP contribution < -0.4 is 10.5 Å². The minimum absolute atomic E-state index is 0.0396. The molecule has 0 fully saturated rings. The van der Waals surface area contributed by atoms with E-state index < -0.39 is 0 Å². The quantitative estimate of drug-likeness (QED) is 0.777. The van der Waals surface area contributed by atoms with E-state index in [9.17, 15) is 4.79 Å². The van der Waals surface area contributed by atoms with Crippen molar-refractivity contribution in [2.75, 3.05) is 0 Å². The molecule has 0 aliphatic rings. The van der Waals surface area contributed by atoms with Crippen molar-refractivity contribution in [2.24, 2.45) is 12.0 Å². The average molecular weight is 236 g/mol. The van der Waals surface area contributed by atoms with Crippen LogP contribution in [0.1, 0.15) is 6.92 Å². The van der Waals surface area contributed by atoms with E-state index in [0.29, 0.717) is 17.2 Å². The van der Waals surface area contributed by atoms with Gasteiger partial charge >= 0.3 is 5.69 Å². The second kappa shape index (κ2) is 4.44. The largest absolute Gasteiger partial charge is 0.339 e. The first-order chi connectivity index (χ1) is 7.72. The highest BCUT2D eigenvalue weighted by Crippen LogP contribution is 2.03. The third-order valence-corrected chi connectivity index (χ3v) is 3.03. The van der Waals surface area contributed by atoms with Gasteiger partial charge in [-0.3, -0.25) is 4.57 Å². The van der Waals surface area contributed by atoms with E-state index >= 15 is 0 Å². The first-order valence-corrected chi connectivity index (χ1v) is 5.72. The lowest BCUT2D eigenvalue weighted by atomic mass is 10.5. The fourth-order valence-corrected chi connectivity index (χ4v) is 2.19. The Morgan fingerprint density at radius 1 is 1.50 bits per heavy atom. The molecule has 2 heterocycles. The van der Waals surface area contributed by atoms with Gasteiger partial charge in [0.25, 0.3) is 0 Å². The Bertz CT molecular complexity index is 593. The van der Waals surface area contributed by atoms with Gasteiger partial charge in [0, 0.05) is 19.8 Å². The Morgan fingerprint density at radius 3 is 2.94 bits per heavy atom. The van der Waals surface area contributed by atoms with E-state index in [1.54, 1.807) is 21.8 Å². The lowest BCUT2D eigenvalue weighted by Gasteiger charge is -1.93. The molecule has 2 aromatic heterocycles. The molecule has 0 unspecified atom stereocenters. The Balaban J connectivity index is 2.61. The predicted octanol–water partition coefficient (Wildman–Crippen LogP) is 0.896. The number of hydrogen-bond donors (Lipinski definition) is 0. The first-order valence-electron chi connectivity index (χ1n) is 4.95. The summed E-state index contributed by atoms with van der Waals surface area (Å²) in [5, 5.41) is 0. The third-order valence-electron chi connectivity index (χ3n) is 2.13. The zero-order valence-electron chi connectivity index (χ0n) is 9.12. The Kier molecular flexibility index (Phi) is 3.00. The molecular formula is C10H12N4OS. The maximum absolute atomic E-state index is 11.7. The van der Waals surface area contributed by atoms with Crippen molar-refractivity contribution in [3.63, 3.8) is 0 Å². The second-order valence-corrected chi connectivity index (χ2v) is 4.29. The van der Waals surface area contributed by atoms with Gasteiger partial charge in [-0.1, -0.05) is 6.07 Å². The maximum Gasteiger partial charge on any atom is 0.339 e. The fraction of sp³-hybridized carbons (Fsp3) is 0.300. The molecule has 0 saturated carbocycles. The molecule has 0 N–H and O–H groups in total. The van der Waals surface area contributed by atoms with Crippen LogP contribution in [0.4, 0.5) is 5.82 Å². The smallest absolute Gasteiger partial charge is 0.268 e. The van der Waals surface area contributed by atoms with Gasteiger partial charge in [-0.25, -0.2) is 13.7 Å². The molecule has 0 spiro atoms. The van der Waals surface area contributed by atoms with Crippen LogP contribution >= 0.6 is 11.5 Å². The second-order valence-electron chi connectivity index (χ2n) is 3.20. The number of nitrogens with zero attached hydrogens (tertiary/aromatic N) is 4. The van der Waals surface area contributed by atoms with Gasteiger partial charge in [0.1, 0.15) is 0 Å². The van der Waals surface area contributed by atoms with Crippen molar-refractivity contribution in [1.82, 2.24) is 13.5 Å². The van der Waals surface area contributed by atoms with Crippen molar-refractivity contribution < 1.29 is 0 Å². The van der Waals surface area contributed by atoms with E-state index in [1.165, 1.54) is 11.5 Å². The number of rotatable bonds is 2. The van der Waals surface area contributed by atoms with Crippen LogP contribution in [-0.2, 0) is 13.6 Å². The van der Waals surface area contributed by atoms with Crippen LogP contribution in [0.3, 0.4) is 0 Å². The molecule has 0 saturated heterocycles. The zero-order chi connectivity index (χ0) is 11.5. The Hall–Kier alpha value is -1.69. The summed E-state index contributed by atoms with van der Waals surface area (Å²) in [4.78, 5) is 20.8. The van der Waals surface area contributed by atoms with E-state index in [4.69, 9.17) is 0 Å². The van der Waals surface area contributed by atoms with E-state index in [2.05, 4.69) is 9.98 Å². The summed E-state index contributed by atoms with van der Waals surface area (Å²) in [6.45, 7) is 2.54. The predicted molar refractivity (Wildman–Crippen MR) is 62.7 cm³/mol. The summed E-state index contributed by atoms with van der Waals surface area (Å²) >= 11 is 1.32. The maximum atomic E-state index is 11.7. The van der Waals surface area contributed by atoms with Crippen molar-refractivity contribution >= 4 is 17.4 Å². The molecular weight excluding hydrogens is 224 g/mol. The van der Waals surface area contributed by atoms with E-state index in [-0.39, 0.29) is 5.69 Å². The van der Waals surface area contributed by atoms with Gasteiger partial charge in [-0.05, 0) is 30.6 Å². The number of pyridine rings is 1. The summed E-state index contributed by atoms with van der Waals surface area (Å²) in [6.07, 6.45) is 1.68. The minimum Gasteiger partial charge on any atom is -0.268 e. The lowest BCUT2D eigenvalue weighted by molar-refractivity contribution is 0.672. The fourth-order valence-electron chi connectivity index (χ4n) is 1.33. The summed E-state index contributed by atoms with van der Waals surface area (Å²) in [5.41, 5.74) is -0.0396. The van der Waals surface area contributed by atoms with Gasteiger partial charge < -0.3 is 0 Å². The molecule has 84 valence electrons. The Labute approximate surface area is 96.5 Å². The van der Waals surface area contributed by atoms with Gasteiger partial charge in [0.2, 0.25) is 4.80 Å². The normalized spacial score (nSPS) is 12.0. The molecule has 0 aliphatic carbocycles. The van der Waals surface area contributed by atoms with Gasteiger partial charge in [0.05, 0.1) is 0 Å². The first kappa shape index (κ1) is 10.8. The minimum atomic E-state index is -0.0396. The summed E-state index contributed by atoms with van der Waals surface area (Å²) in [7, 11) is 1.73. The van der Waals surface area contributed by atoms with Crippen molar-refractivity contribution in [1.29, 1.82) is 0 Å². The van der Waals surface area contributed by atoms with Crippen LogP contribution in [-0.4, -0.2) is 13.5 Å². The third kappa shape index (κ3) is 1.96. The standard InChI is InChI=1S/C10H12N4OS/c1-3-14-9(16-13(2)10(14)15)12-8-6-4-5-7-11-8/h4-7H,3H2,1-2H3/b12-9+. The lowest BCUT2D eigenvalue weighted by Crippen LogP contribution is -2.27. The van der Waals surface area contributed by atoms with Crippen LogP contribution in [0.5, 0.6) is 0 Å². The monoisotopic (exact) mass is 236 g/mol. The molecule has 0 atom stereocenters. The molecule has 5 nitrogen and oxygen atoms in total. The zero-order valence-corrected chi connectivity index (χ0v) is 9.94. The number of hydrogen-bond acceptors (Lipinski definition) is 4. The molecule has 2 aromatic rings. The highest BCUT2D eigenvalue weighted by molar-refractivity contribution is 7.03. The molecule has 6 heteroatoms. The summed E-state index contributed by atoms with van der Waals surface area (Å²) in [5.74, 6) is 0.617.